The van der Waals surface area contributed by atoms with Crippen molar-refractivity contribution in [1.29, 1.82) is 0 Å². The number of aromatic nitrogens is 1. The number of carbonyl (C=O) groups excluding carboxylic acids is 1. The zero-order valence-corrected chi connectivity index (χ0v) is 12.9. The highest BCUT2D eigenvalue weighted by Crippen LogP contribution is 2.34. The monoisotopic (exact) mass is 293 g/mol. The summed E-state index contributed by atoms with van der Waals surface area (Å²) in [6, 6.07) is 0. The highest BCUT2D eigenvalue weighted by molar-refractivity contribution is 7.15. The maximum atomic E-state index is 12.3. The Morgan fingerprint density at radius 1 is 1.50 bits per heavy atom. The topological polar surface area (TPSA) is 68.0 Å². The maximum absolute atomic E-state index is 12.3. The van der Waals surface area contributed by atoms with Crippen LogP contribution >= 0.6 is 11.3 Å². The van der Waals surface area contributed by atoms with Crippen LogP contribution in [-0.2, 0) is 17.6 Å². The van der Waals surface area contributed by atoms with Gasteiger partial charge in [-0.05, 0) is 38.0 Å². The van der Waals surface area contributed by atoms with E-state index in [1.807, 2.05) is 0 Å². The van der Waals surface area contributed by atoms with E-state index in [9.17, 15) is 4.79 Å². The summed E-state index contributed by atoms with van der Waals surface area (Å²) >= 11 is 1.64. The fourth-order valence-corrected chi connectivity index (χ4v) is 4.42. The molecule has 2 aliphatic carbocycles. The number of anilines is 1. The molecule has 1 amide bonds. The Kier molecular flexibility index (Phi) is 3.82. The summed E-state index contributed by atoms with van der Waals surface area (Å²) in [6.07, 6.45) is 8.31. The molecular weight excluding hydrogens is 270 g/mol. The van der Waals surface area contributed by atoms with Crippen molar-refractivity contribution in [2.24, 2.45) is 11.7 Å². The largest absolute Gasteiger partial charge is 0.317 e. The standard InChI is InChI=1S/C15H23N3OS/c1-2-10-5-6-11-12(9-10)20-14(17-11)18-13(19)15(16)7-3-4-8-15/h10H,2-9,16H2,1H3,(H,17,18,19)/t10-/m1/s1. The Morgan fingerprint density at radius 2 is 2.25 bits per heavy atom. The molecule has 0 spiro atoms. The second-order valence-corrected chi connectivity index (χ2v) is 7.31. The van der Waals surface area contributed by atoms with Crippen molar-refractivity contribution < 1.29 is 4.79 Å². The van der Waals surface area contributed by atoms with Gasteiger partial charge in [0, 0.05) is 4.88 Å². The van der Waals surface area contributed by atoms with Crippen LogP contribution in [-0.4, -0.2) is 16.4 Å². The predicted octanol–water partition coefficient (Wildman–Crippen LogP) is 2.87. The lowest BCUT2D eigenvalue weighted by molar-refractivity contribution is -0.121. The molecule has 4 nitrogen and oxygen atoms in total. The molecule has 0 radical (unpaired) electrons. The van der Waals surface area contributed by atoms with Crippen LogP contribution in [0, 0.1) is 5.92 Å². The summed E-state index contributed by atoms with van der Waals surface area (Å²) in [4.78, 5) is 18.3. The van der Waals surface area contributed by atoms with Gasteiger partial charge < -0.3 is 11.1 Å². The molecule has 3 N–H and O–H groups in total. The number of amides is 1. The first-order valence-electron chi connectivity index (χ1n) is 7.69. The van der Waals surface area contributed by atoms with Gasteiger partial charge in [-0.25, -0.2) is 4.98 Å². The lowest BCUT2D eigenvalue weighted by Crippen LogP contribution is -2.48. The lowest BCUT2D eigenvalue weighted by Gasteiger charge is -2.21. The third-order valence-electron chi connectivity index (χ3n) is 4.79. The summed E-state index contributed by atoms with van der Waals surface area (Å²) in [5, 5.41) is 3.70. The van der Waals surface area contributed by atoms with Gasteiger partial charge in [-0.2, -0.15) is 0 Å². The molecule has 2 aliphatic rings. The number of rotatable bonds is 3. The molecule has 1 saturated carbocycles. The summed E-state index contributed by atoms with van der Waals surface area (Å²) in [5.41, 5.74) is 6.70. The molecule has 0 saturated heterocycles. The number of hydrogen-bond acceptors (Lipinski definition) is 4. The fraction of sp³-hybridized carbons (Fsp3) is 0.733. The molecule has 110 valence electrons. The minimum atomic E-state index is -0.669. The van der Waals surface area contributed by atoms with Gasteiger partial charge in [-0.3, -0.25) is 4.79 Å². The quantitative estimate of drug-likeness (QED) is 0.900. The molecule has 0 bridgehead atoms. The second-order valence-electron chi connectivity index (χ2n) is 6.22. The van der Waals surface area contributed by atoms with Crippen molar-refractivity contribution in [3.05, 3.63) is 10.6 Å². The van der Waals surface area contributed by atoms with Gasteiger partial charge in [-0.1, -0.05) is 26.2 Å². The minimum Gasteiger partial charge on any atom is -0.317 e. The predicted molar refractivity (Wildman–Crippen MR) is 81.9 cm³/mol. The van der Waals surface area contributed by atoms with Gasteiger partial charge >= 0.3 is 0 Å². The summed E-state index contributed by atoms with van der Waals surface area (Å²) in [7, 11) is 0. The van der Waals surface area contributed by atoms with Crippen molar-refractivity contribution in [2.45, 2.75) is 63.8 Å². The van der Waals surface area contributed by atoms with Crippen LogP contribution in [0.15, 0.2) is 0 Å². The van der Waals surface area contributed by atoms with E-state index in [2.05, 4.69) is 17.2 Å². The Morgan fingerprint density at radius 3 is 2.95 bits per heavy atom. The summed E-state index contributed by atoms with van der Waals surface area (Å²) in [5.74, 6) is 0.732. The summed E-state index contributed by atoms with van der Waals surface area (Å²) in [6.45, 7) is 2.25. The van der Waals surface area contributed by atoms with E-state index in [1.54, 1.807) is 11.3 Å². The van der Waals surface area contributed by atoms with Gasteiger partial charge in [0.1, 0.15) is 0 Å². The Hall–Kier alpha value is -0.940. The molecule has 0 aromatic carbocycles. The number of hydrogen-bond donors (Lipinski definition) is 2. The molecule has 5 heteroatoms. The minimum absolute atomic E-state index is 0.0480. The van der Waals surface area contributed by atoms with Crippen molar-refractivity contribution >= 4 is 22.4 Å². The van der Waals surface area contributed by atoms with Crippen LogP contribution in [0.25, 0.3) is 0 Å². The Balaban J connectivity index is 1.70. The number of carbonyl (C=O) groups is 1. The number of aryl methyl sites for hydroxylation is 1. The first-order chi connectivity index (χ1) is 9.60. The molecule has 1 heterocycles. The molecule has 1 aromatic rings. The summed E-state index contributed by atoms with van der Waals surface area (Å²) < 4.78 is 0. The van der Waals surface area contributed by atoms with Crippen LogP contribution in [0.4, 0.5) is 5.13 Å². The number of nitrogens with zero attached hydrogens (tertiary/aromatic N) is 1. The highest BCUT2D eigenvalue weighted by atomic mass is 32.1. The third-order valence-corrected chi connectivity index (χ3v) is 5.82. The van der Waals surface area contributed by atoms with E-state index >= 15 is 0 Å². The van der Waals surface area contributed by atoms with Crippen LogP contribution in [0.1, 0.15) is 56.0 Å². The zero-order valence-electron chi connectivity index (χ0n) is 12.1. The normalized spacial score (nSPS) is 24.4. The fourth-order valence-electron chi connectivity index (χ4n) is 3.30. The molecular formula is C15H23N3OS. The van der Waals surface area contributed by atoms with E-state index in [-0.39, 0.29) is 5.91 Å². The first kappa shape index (κ1) is 14.0. The van der Waals surface area contributed by atoms with E-state index in [0.717, 1.165) is 49.6 Å². The van der Waals surface area contributed by atoms with Gasteiger partial charge in [0.25, 0.3) is 0 Å². The number of nitrogens with one attached hydrogen (secondary N) is 1. The molecule has 1 fully saturated rings. The van der Waals surface area contributed by atoms with Crippen molar-refractivity contribution in [2.75, 3.05) is 5.32 Å². The molecule has 0 unspecified atom stereocenters. The van der Waals surface area contributed by atoms with Gasteiger partial charge in [0.15, 0.2) is 5.13 Å². The lowest BCUT2D eigenvalue weighted by atomic mass is 9.89. The number of fused-ring (bicyclic) bond motifs is 1. The van der Waals surface area contributed by atoms with E-state index < -0.39 is 5.54 Å². The second kappa shape index (κ2) is 5.45. The molecule has 3 rings (SSSR count). The average Bonchev–Trinajstić information content (AvgIpc) is 3.04. The first-order valence-corrected chi connectivity index (χ1v) is 8.51. The van der Waals surface area contributed by atoms with Gasteiger partial charge in [0.2, 0.25) is 5.91 Å². The zero-order chi connectivity index (χ0) is 14.2. The number of thiazole rings is 1. The van der Waals surface area contributed by atoms with Gasteiger partial charge in [0.05, 0.1) is 11.2 Å². The number of nitrogens with two attached hydrogens (primary N) is 1. The Labute approximate surface area is 124 Å². The molecule has 1 atom stereocenters. The van der Waals surface area contributed by atoms with Gasteiger partial charge in [-0.15, -0.1) is 11.3 Å². The van der Waals surface area contributed by atoms with Crippen LogP contribution in [0.2, 0.25) is 0 Å². The van der Waals surface area contributed by atoms with E-state index in [1.165, 1.54) is 23.4 Å². The van der Waals surface area contributed by atoms with Crippen LogP contribution in [0.3, 0.4) is 0 Å². The van der Waals surface area contributed by atoms with Crippen molar-refractivity contribution in [3.8, 4) is 0 Å². The maximum Gasteiger partial charge on any atom is 0.246 e. The average molecular weight is 293 g/mol. The van der Waals surface area contributed by atoms with Crippen molar-refractivity contribution in [1.82, 2.24) is 4.98 Å². The molecule has 0 aliphatic heterocycles. The van der Waals surface area contributed by atoms with Crippen LogP contribution < -0.4 is 11.1 Å². The van der Waals surface area contributed by atoms with E-state index in [0.29, 0.717) is 0 Å². The van der Waals surface area contributed by atoms with Crippen molar-refractivity contribution in [3.63, 3.8) is 0 Å². The Bertz CT molecular complexity index is 505. The molecule has 20 heavy (non-hydrogen) atoms. The van der Waals surface area contributed by atoms with Crippen LogP contribution in [0.5, 0.6) is 0 Å². The highest BCUT2D eigenvalue weighted by Gasteiger charge is 2.37. The smallest absolute Gasteiger partial charge is 0.246 e. The third kappa shape index (κ3) is 2.61. The van der Waals surface area contributed by atoms with E-state index in [4.69, 9.17) is 5.73 Å². The SMILES string of the molecule is CC[C@@H]1CCc2nc(NC(=O)C3(N)CCCC3)sc2C1. The molecule has 1 aromatic heterocycles.